The second-order valence-corrected chi connectivity index (χ2v) is 48.4. The molecular weight excluding hydrogens is 839 g/mol. The molecule has 56 heavy (non-hydrogen) atoms. The summed E-state index contributed by atoms with van der Waals surface area (Å²) in [6.45, 7) is 33.1. The first-order valence-corrected chi connectivity index (χ1v) is 35.0. The molecule has 1 heteroatoms. The fourth-order valence-corrected chi connectivity index (χ4v) is 35.8. The van der Waals surface area contributed by atoms with Crippen molar-refractivity contribution < 1.29 is 18.0 Å². The molecule has 298 valence electrons. The molecule has 0 saturated carbocycles. The summed E-state index contributed by atoms with van der Waals surface area (Å²) in [4.78, 5) is 0. The van der Waals surface area contributed by atoms with Crippen molar-refractivity contribution in [3.05, 3.63) is 129 Å². The first-order chi connectivity index (χ1) is 25.9. The van der Waals surface area contributed by atoms with Crippen molar-refractivity contribution in [1.82, 2.24) is 0 Å². The average Bonchev–Trinajstić information content (AvgIpc) is 3.76. The van der Waals surface area contributed by atoms with Crippen molar-refractivity contribution in [2.75, 3.05) is 0 Å². The summed E-state index contributed by atoms with van der Waals surface area (Å²) >= 11 is -4.22. The molecule has 0 saturated heterocycles. The maximum absolute atomic E-state index is 4.22. The predicted molar refractivity (Wildman–Crippen MR) is 249 cm³/mol. The Morgan fingerprint density at radius 3 is 1.09 bits per heavy atom. The van der Waals surface area contributed by atoms with Crippen LogP contribution in [0.4, 0.5) is 0 Å². The van der Waals surface area contributed by atoms with E-state index in [4.69, 9.17) is 0 Å². The predicted octanol–water partition coefficient (Wildman–Crippen LogP) is 16.6. The Hall–Kier alpha value is -2.90. The molecule has 2 aliphatic rings. The van der Waals surface area contributed by atoms with Gasteiger partial charge in [0.2, 0.25) is 0 Å². The van der Waals surface area contributed by atoms with Crippen molar-refractivity contribution in [2.24, 2.45) is 0 Å². The standard InChI is InChI=1S/2C23H27.C7H14.2CH3.Hf/c2*1-22(2,3)18-13-17(14-19(15-18)23(4,5)6)21-12-8-10-16-9-7-11-20(16)21;1-3-5-7-6-4-2;;;/h2*7-15H,1-6H3;3-6H2,1-2H3;2*1H3;. The van der Waals surface area contributed by atoms with Gasteiger partial charge >= 0.3 is 346 Å². The SMILES string of the molecule is CCC[C](CCC)=[Hf]([CH3])([CH3])([CH]1C=Cc2c(-c3cc(C(C)(C)C)cc(C(C)(C)C)c3)cccc21)[CH]1C=Cc2c(-c3cc(C(C)(C)C)cc(C(C)(C)C)c3)cccc21. The van der Waals surface area contributed by atoms with Crippen molar-refractivity contribution in [2.45, 2.75) is 161 Å². The molecule has 0 amide bonds. The van der Waals surface area contributed by atoms with Gasteiger partial charge in [0.15, 0.2) is 0 Å². The molecular formula is C55H74Hf. The molecule has 6 rings (SSSR count). The maximum atomic E-state index is 2.86. The van der Waals surface area contributed by atoms with E-state index in [-0.39, 0.29) is 21.7 Å². The Labute approximate surface area is 343 Å². The van der Waals surface area contributed by atoms with Gasteiger partial charge in [0, 0.05) is 0 Å². The van der Waals surface area contributed by atoms with Gasteiger partial charge in [-0.05, 0) is 0 Å². The molecule has 4 aromatic carbocycles. The minimum atomic E-state index is -4.22. The minimum absolute atomic E-state index is 0.0723. The molecule has 4 aromatic rings. The van der Waals surface area contributed by atoms with Crippen molar-refractivity contribution in [3.8, 4) is 22.3 Å². The zero-order chi connectivity index (χ0) is 41.2. The van der Waals surface area contributed by atoms with E-state index in [1.165, 1.54) is 81.3 Å². The number of hydrogen-bond acceptors (Lipinski definition) is 0. The van der Waals surface area contributed by atoms with Crippen LogP contribution in [-0.4, -0.2) is 3.26 Å². The first-order valence-electron chi connectivity index (χ1n) is 21.9. The quantitative estimate of drug-likeness (QED) is 0.155. The van der Waals surface area contributed by atoms with Crippen molar-refractivity contribution in [3.63, 3.8) is 0 Å². The third kappa shape index (κ3) is 7.70. The number of fused-ring (bicyclic) bond motifs is 2. The van der Waals surface area contributed by atoms with Crippen LogP contribution in [0.3, 0.4) is 0 Å². The van der Waals surface area contributed by atoms with Gasteiger partial charge < -0.3 is 0 Å². The molecule has 2 atom stereocenters. The summed E-state index contributed by atoms with van der Waals surface area (Å²) in [6, 6.07) is 29.4. The van der Waals surface area contributed by atoms with Crippen LogP contribution in [-0.2, 0) is 39.7 Å². The Morgan fingerprint density at radius 2 is 0.804 bits per heavy atom. The van der Waals surface area contributed by atoms with Crippen LogP contribution in [0.25, 0.3) is 34.4 Å². The van der Waals surface area contributed by atoms with E-state index in [9.17, 15) is 0 Å². The number of allylic oxidation sites excluding steroid dienone is 2. The molecule has 0 radical (unpaired) electrons. The molecule has 2 aliphatic carbocycles. The topological polar surface area (TPSA) is 0 Å². The summed E-state index contributed by atoms with van der Waals surface area (Å²) in [6.07, 6.45) is 15.3. The van der Waals surface area contributed by atoms with E-state index in [1.807, 2.05) is 3.26 Å². The monoisotopic (exact) mass is 915 g/mol. The normalized spacial score (nSPS) is 17.4. The molecule has 0 spiro atoms. The van der Waals surface area contributed by atoms with Gasteiger partial charge in [0.05, 0.1) is 0 Å². The summed E-state index contributed by atoms with van der Waals surface area (Å²) in [7, 11) is 0. The van der Waals surface area contributed by atoms with Crippen molar-refractivity contribution >= 4 is 15.4 Å². The summed E-state index contributed by atoms with van der Waals surface area (Å²) in [5.41, 5.74) is 17.5. The summed E-state index contributed by atoms with van der Waals surface area (Å²) in [5.74, 6) is 0. The molecule has 0 bridgehead atoms. The van der Waals surface area contributed by atoms with E-state index in [1.54, 1.807) is 11.1 Å². The van der Waals surface area contributed by atoms with Crippen LogP contribution < -0.4 is 0 Å². The third-order valence-corrected chi connectivity index (χ3v) is 41.1. The van der Waals surface area contributed by atoms with E-state index < -0.39 is 18.0 Å². The molecule has 0 fully saturated rings. The van der Waals surface area contributed by atoms with Crippen LogP contribution in [0.1, 0.15) is 174 Å². The van der Waals surface area contributed by atoms with E-state index >= 15 is 0 Å². The summed E-state index contributed by atoms with van der Waals surface area (Å²) in [5, 5.41) is 0. The Bertz CT molecular complexity index is 2050. The van der Waals surface area contributed by atoms with Crippen LogP contribution in [0.15, 0.2) is 84.9 Å². The average molecular weight is 914 g/mol. The van der Waals surface area contributed by atoms with Gasteiger partial charge in [-0.1, -0.05) is 0 Å². The Morgan fingerprint density at radius 1 is 0.482 bits per heavy atom. The number of rotatable bonds is 8. The van der Waals surface area contributed by atoms with Crippen LogP contribution in [0, 0.1) is 0 Å². The second kappa shape index (κ2) is 14.7. The number of hydrogen-bond donors (Lipinski definition) is 0. The van der Waals surface area contributed by atoms with Gasteiger partial charge in [-0.2, -0.15) is 0 Å². The van der Waals surface area contributed by atoms with Crippen molar-refractivity contribution in [1.29, 1.82) is 0 Å². The van der Waals surface area contributed by atoms with Crippen LogP contribution in [0.5, 0.6) is 0 Å². The van der Waals surface area contributed by atoms with Crippen LogP contribution in [0.2, 0.25) is 9.36 Å². The molecule has 0 aromatic heterocycles. The van der Waals surface area contributed by atoms with Gasteiger partial charge in [-0.15, -0.1) is 0 Å². The summed E-state index contributed by atoms with van der Waals surface area (Å²) < 4.78 is 8.54. The fraction of sp³-hybridized carbons (Fsp3) is 0.473. The second-order valence-electron chi connectivity index (χ2n) is 22.6. The van der Waals surface area contributed by atoms with E-state index in [2.05, 4.69) is 203 Å². The molecule has 0 aliphatic heterocycles. The fourth-order valence-electron chi connectivity index (χ4n) is 10.2. The molecule has 0 nitrogen and oxygen atoms in total. The van der Waals surface area contributed by atoms with E-state index in [0.29, 0.717) is 7.35 Å². The van der Waals surface area contributed by atoms with Gasteiger partial charge in [0.25, 0.3) is 0 Å². The third-order valence-electron chi connectivity index (χ3n) is 13.9. The molecule has 2 unspecified atom stereocenters. The first kappa shape index (κ1) is 42.7. The number of benzene rings is 4. The van der Waals surface area contributed by atoms with Gasteiger partial charge in [-0.25, -0.2) is 0 Å². The molecule has 0 N–H and O–H groups in total. The Kier molecular flexibility index (Phi) is 11.2. The van der Waals surface area contributed by atoms with Crippen LogP contribution >= 0.6 is 0 Å². The zero-order valence-electron chi connectivity index (χ0n) is 38.2. The van der Waals surface area contributed by atoms with Gasteiger partial charge in [-0.3, -0.25) is 0 Å². The zero-order valence-corrected chi connectivity index (χ0v) is 41.8. The Balaban J connectivity index is 1.58. The van der Waals surface area contributed by atoms with E-state index in [0.717, 1.165) is 0 Å². The molecule has 0 heterocycles. The van der Waals surface area contributed by atoms with Gasteiger partial charge in [0.1, 0.15) is 0 Å².